The van der Waals surface area contributed by atoms with Crippen molar-refractivity contribution in [3.05, 3.63) is 22.3 Å². The fourth-order valence-corrected chi connectivity index (χ4v) is 2.88. The fraction of sp³-hybridized carbons (Fsp3) is 0.615. The molecule has 2 heterocycles. The Hall–Kier alpha value is -0.820. The van der Waals surface area contributed by atoms with E-state index < -0.39 is 11.7 Å². The monoisotopic (exact) mass is 351 g/mol. The molecule has 7 heteroatoms. The average molecular weight is 352 g/mol. The number of pyridine rings is 1. The Morgan fingerprint density at radius 1 is 1.50 bits per heavy atom. The van der Waals surface area contributed by atoms with Crippen molar-refractivity contribution in [1.82, 2.24) is 10.3 Å². The number of hydrogen-bond donors (Lipinski definition) is 1. The Kier molecular flexibility index (Phi) is 4.90. The molecule has 1 aliphatic heterocycles. The normalized spacial score (nSPS) is 19.9. The number of hydrogen-bond acceptors (Lipinski definition) is 3. The third-order valence-electron chi connectivity index (χ3n) is 3.46. The molecule has 0 saturated carbocycles. The number of halogens is 4. The number of alkyl halides is 3. The van der Waals surface area contributed by atoms with Crippen molar-refractivity contribution in [2.75, 3.05) is 24.5 Å². The molecule has 1 saturated heterocycles. The van der Waals surface area contributed by atoms with Crippen molar-refractivity contribution in [1.29, 1.82) is 0 Å². The molecule has 2 rings (SSSR count). The minimum absolute atomic E-state index is 0.0249. The Balaban J connectivity index is 2.38. The van der Waals surface area contributed by atoms with Gasteiger partial charge in [-0.05, 0) is 48.3 Å². The van der Waals surface area contributed by atoms with Gasteiger partial charge >= 0.3 is 6.18 Å². The standard InChI is InChI=1S/C13H17BrF3N3/c1-2-20(10-4-3-5-18-8-10)12-11(13(15,16)17)6-9(14)7-19-12/h6-7,10,18H,2-5,8H2,1H3. The van der Waals surface area contributed by atoms with Crippen molar-refractivity contribution >= 4 is 21.7 Å². The van der Waals surface area contributed by atoms with Gasteiger partial charge in [-0.25, -0.2) is 4.98 Å². The number of aromatic nitrogens is 1. The lowest BCUT2D eigenvalue weighted by molar-refractivity contribution is -0.137. The second-order valence-electron chi connectivity index (χ2n) is 4.81. The van der Waals surface area contributed by atoms with Crippen LogP contribution in [-0.2, 0) is 6.18 Å². The first-order valence-electron chi connectivity index (χ1n) is 6.63. The molecular weight excluding hydrogens is 335 g/mol. The first-order chi connectivity index (χ1) is 9.43. The van der Waals surface area contributed by atoms with Crippen LogP contribution >= 0.6 is 15.9 Å². The van der Waals surface area contributed by atoms with E-state index in [-0.39, 0.29) is 11.9 Å². The van der Waals surface area contributed by atoms with Crippen LogP contribution in [0, 0.1) is 0 Å². The lowest BCUT2D eigenvalue weighted by atomic mass is 10.0. The van der Waals surface area contributed by atoms with Crippen LogP contribution in [0.1, 0.15) is 25.3 Å². The second kappa shape index (κ2) is 6.30. The zero-order chi connectivity index (χ0) is 14.8. The van der Waals surface area contributed by atoms with E-state index in [9.17, 15) is 13.2 Å². The summed E-state index contributed by atoms with van der Waals surface area (Å²) in [5, 5.41) is 3.23. The lowest BCUT2D eigenvalue weighted by Crippen LogP contribution is -2.47. The molecule has 1 fully saturated rings. The zero-order valence-corrected chi connectivity index (χ0v) is 12.8. The molecule has 0 aromatic carbocycles. The summed E-state index contributed by atoms with van der Waals surface area (Å²) < 4.78 is 39.9. The molecule has 1 unspecified atom stereocenters. The van der Waals surface area contributed by atoms with Crippen LogP contribution in [0.5, 0.6) is 0 Å². The summed E-state index contributed by atoms with van der Waals surface area (Å²) in [5.74, 6) is 0.0249. The van der Waals surface area contributed by atoms with Crippen LogP contribution in [0.4, 0.5) is 19.0 Å². The minimum Gasteiger partial charge on any atom is -0.352 e. The van der Waals surface area contributed by atoms with Crippen molar-refractivity contribution in [3.8, 4) is 0 Å². The topological polar surface area (TPSA) is 28.2 Å². The van der Waals surface area contributed by atoms with Crippen LogP contribution in [0.15, 0.2) is 16.7 Å². The second-order valence-corrected chi connectivity index (χ2v) is 5.72. The Morgan fingerprint density at radius 3 is 2.80 bits per heavy atom. The summed E-state index contributed by atoms with van der Waals surface area (Å²) in [7, 11) is 0. The van der Waals surface area contributed by atoms with Gasteiger partial charge in [0.25, 0.3) is 0 Å². The Labute approximate surface area is 124 Å². The number of nitrogens with zero attached hydrogens (tertiary/aromatic N) is 2. The summed E-state index contributed by atoms with van der Waals surface area (Å²) in [5.41, 5.74) is -0.681. The molecule has 112 valence electrons. The van der Waals surface area contributed by atoms with E-state index in [1.165, 1.54) is 6.20 Å². The summed E-state index contributed by atoms with van der Waals surface area (Å²) in [6.45, 7) is 3.99. The van der Waals surface area contributed by atoms with Gasteiger partial charge in [-0.15, -0.1) is 0 Å². The molecule has 0 radical (unpaired) electrons. The van der Waals surface area contributed by atoms with Crippen LogP contribution in [0.25, 0.3) is 0 Å². The average Bonchev–Trinajstić information content (AvgIpc) is 2.41. The molecule has 1 aromatic rings. The highest BCUT2D eigenvalue weighted by atomic mass is 79.9. The highest BCUT2D eigenvalue weighted by Gasteiger charge is 2.37. The maximum absolute atomic E-state index is 13.2. The van der Waals surface area contributed by atoms with Gasteiger partial charge in [0.05, 0.1) is 5.56 Å². The predicted octanol–water partition coefficient (Wildman–Crippen LogP) is 3.44. The van der Waals surface area contributed by atoms with Crippen LogP contribution in [0.3, 0.4) is 0 Å². The van der Waals surface area contributed by atoms with Crippen molar-refractivity contribution in [2.24, 2.45) is 0 Å². The number of rotatable bonds is 3. The molecular formula is C13H17BrF3N3. The highest BCUT2D eigenvalue weighted by molar-refractivity contribution is 9.10. The number of nitrogens with one attached hydrogen (secondary N) is 1. The van der Waals surface area contributed by atoms with Gasteiger partial charge in [-0.2, -0.15) is 13.2 Å². The largest absolute Gasteiger partial charge is 0.419 e. The SMILES string of the molecule is CCN(c1ncc(Br)cc1C(F)(F)F)C1CCCNC1. The van der Waals surface area contributed by atoms with Crippen LogP contribution in [0.2, 0.25) is 0 Å². The smallest absolute Gasteiger partial charge is 0.352 e. The molecule has 3 nitrogen and oxygen atoms in total. The van der Waals surface area contributed by atoms with Gasteiger partial charge < -0.3 is 10.2 Å². The van der Waals surface area contributed by atoms with E-state index in [0.717, 1.165) is 25.5 Å². The van der Waals surface area contributed by atoms with E-state index >= 15 is 0 Å². The van der Waals surface area contributed by atoms with Crippen molar-refractivity contribution in [3.63, 3.8) is 0 Å². The van der Waals surface area contributed by atoms with Crippen LogP contribution < -0.4 is 10.2 Å². The minimum atomic E-state index is -4.40. The van der Waals surface area contributed by atoms with E-state index in [1.54, 1.807) is 4.90 Å². The molecule has 0 spiro atoms. The fourth-order valence-electron chi connectivity index (χ4n) is 2.55. The molecule has 0 bridgehead atoms. The molecule has 20 heavy (non-hydrogen) atoms. The van der Waals surface area contributed by atoms with E-state index in [2.05, 4.69) is 26.2 Å². The van der Waals surface area contributed by atoms with E-state index in [0.29, 0.717) is 17.6 Å². The Bertz CT molecular complexity index is 459. The molecule has 0 amide bonds. The third kappa shape index (κ3) is 3.44. The quantitative estimate of drug-likeness (QED) is 0.903. The first kappa shape index (κ1) is 15.6. The predicted molar refractivity (Wildman–Crippen MR) is 75.9 cm³/mol. The molecule has 1 aromatic heterocycles. The van der Waals surface area contributed by atoms with E-state index in [1.807, 2.05) is 6.92 Å². The highest BCUT2D eigenvalue weighted by Crippen LogP contribution is 2.37. The van der Waals surface area contributed by atoms with Gasteiger partial charge in [0.2, 0.25) is 0 Å². The van der Waals surface area contributed by atoms with Crippen LogP contribution in [-0.4, -0.2) is 30.7 Å². The number of piperidine rings is 1. The lowest BCUT2D eigenvalue weighted by Gasteiger charge is -2.36. The summed E-state index contributed by atoms with van der Waals surface area (Å²) in [4.78, 5) is 5.77. The molecule has 1 N–H and O–H groups in total. The van der Waals surface area contributed by atoms with Gasteiger partial charge in [0.15, 0.2) is 0 Å². The maximum Gasteiger partial charge on any atom is 0.419 e. The summed E-state index contributed by atoms with van der Waals surface area (Å²) in [6.07, 6.45) is -1.12. The van der Waals surface area contributed by atoms with Crippen molar-refractivity contribution < 1.29 is 13.2 Å². The molecule has 1 atom stereocenters. The molecule has 1 aliphatic rings. The van der Waals surface area contributed by atoms with Crippen molar-refractivity contribution in [2.45, 2.75) is 32.0 Å². The van der Waals surface area contributed by atoms with Gasteiger partial charge in [-0.3, -0.25) is 0 Å². The van der Waals surface area contributed by atoms with Gasteiger partial charge in [0, 0.05) is 29.8 Å². The Morgan fingerprint density at radius 2 is 2.25 bits per heavy atom. The maximum atomic E-state index is 13.2. The summed E-state index contributed by atoms with van der Waals surface area (Å²) in [6, 6.07) is 1.16. The van der Waals surface area contributed by atoms with Gasteiger partial charge in [0.1, 0.15) is 5.82 Å². The first-order valence-corrected chi connectivity index (χ1v) is 7.43. The zero-order valence-electron chi connectivity index (χ0n) is 11.2. The van der Waals surface area contributed by atoms with Gasteiger partial charge in [-0.1, -0.05) is 0 Å². The number of likely N-dealkylation sites (N-methyl/N-ethyl adjacent to an activating group) is 1. The summed E-state index contributed by atoms with van der Waals surface area (Å²) >= 11 is 3.06. The third-order valence-corrected chi connectivity index (χ3v) is 3.90. The molecule has 0 aliphatic carbocycles. The number of anilines is 1. The van der Waals surface area contributed by atoms with E-state index in [4.69, 9.17) is 0 Å².